The number of carbonyl (C=O) groups is 2. The van der Waals surface area contributed by atoms with Crippen LogP contribution in [0.15, 0.2) is 60.8 Å². The Hall–Kier alpha value is -3.41. The molecule has 0 fully saturated rings. The zero-order valence-electron chi connectivity index (χ0n) is 17.1. The molecule has 0 aliphatic rings. The van der Waals surface area contributed by atoms with Gasteiger partial charge in [-0.3, -0.25) is 9.59 Å². The van der Waals surface area contributed by atoms with Gasteiger partial charge in [0.1, 0.15) is 5.69 Å². The topological polar surface area (TPSA) is 67.2 Å². The van der Waals surface area contributed by atoms with Crippen LogP contribution in [0, 0.1) is 6.92 Å². The Bertz CT molecular complexity index is 995. The number of nitrogens with zero attached hydrogens (tertiary/aromatic N) is 3. The molecule has 0 atom stereocenters. The van der Waals surface area contributed by atoms with Crippen LogP contribution in [0.5, 0.6) is 0 Å². The first-order chi connectivity index (χ1) is 14.0. The van der Waals surface area contributed by atoms with E-state index in [1.165, 1.54) is 0 Å². The van der Waals surface area contributed by atoms with Gasteiger partial charge < -0.3 is 10.2 Å². The third-order valence-electron chi connectivity index (χ3n) is 4.74. The molecule has 3 aromatic rings. The van der Waals surface area contributed by atoms with Crippen LogP contribution in [0.4, 0.5) is 0 Å². The van der Waals surface area contributed by atoms with E-state index in [1.54, 1.807) is 15.8 Å². The predicted molar refractivity (Wildman–Crippen MR) is 114 cm³/mol. The Morgan fingerprint density at radius 3 is 2.38 bits per heavy atom. The summed E-state index contributed by atoms with van der Waals surface area (Å²) in [4.78, 5) is 27.0. The molecule has 29 heavy (non-hydrogen) atoms. The highest BCUT2D eigenvalue weighted by molar-refractivity contribution is 6.01. The largest absolute Gasteiger partial charge is 0.355 e. The van der Waals surface area contributed by atoms with Crippen molar-refractivity contribution in [3.63, 3.8) is 0 Å². The maximum absolute atomic E-state index is 13.4. The fourth-order valence-electron chi connectivity index (χ4n) is 3.20. The van der Waals surface area contributed by atoms with E-state index in [0.717, 1.165) is 16.8 Å². The van der Waals surface area contributed by atoms with E-state index in [9.17, 15) is 9.59 Å². The highest BCUT2D eigenvalue weighted by Gasteiger charge is 2.24. The Kier molecular flexibility index (Phi) is 6.44. The Balaban J connectivity index is 2.06. The summed E-state index contributed by atoms with van der Waals surface area (Å²) in [6.07, 6.45) is 1.75. The molecule has 1 N–H and O–H groups in total. The van der Waals surface area contributed by atoms with Crippen molar-refractivity contribution in [2.24, 2.45) is 0 Å². The fraction of sp³-hybridized carbons (Fsp3) is 0.261. The van der Waals surface area contributed by atoms with Crippen molar-refractivity contribution in [3.05, 3.63) is 71.9 Å². The second-order valence-electron chi connectivity index (χ2n) is 6.76. The van der Waals surface area contributed by atoms with Crippen molar-refractivity contribution in [2.75, 3.05) is 19.6 Å². The monoisotopic (exact) mass is 390 g/mol. The van der Waals surface area contributed by atoms with Gasteiger partial charge in [-0.05, 0) is 38.5 Å². The third kappa shape index (κ3) is 4.54. The number of nitrogens with one attached hydrogen (secondary N) is 1. The molecule has 0 bridgehead atoms. The number of para-hydroxylation sites is 1. The molecule has 2 aromatic carbocycles. The van der Waals surface area contributed by atoms with E-state index >= 15 is 0 Å². The molecule has 0 aliphatic carbocycles. The number of hydrogen-bond acceptors (Lipinski definition) is 3. The summed E-state index contributed by atoms with van der Waals surface area (Å²) in [5.74, 6) is -0.380. The van der Waals surface area contributed by atoms with E-state index in [4.69, 9.17) is 5.10 Å². The van der Waals surface area contributed by atoms with Crippen molar-refractivity contribution in [3.8, 4) is 16.9 Å². The molecule has 0 saturated heterocycles. The SMILES string of the molecule is CCNC(=O)CN(CC)C(=O)c1cn(-c2ccccc2)nc1-c1ccccc1C. The normalized spacial score (nSPS) is 10.6. The average molecular weight is 390 g/mol. The second kappa shape index (κ2) is 9.19. The van der Waals surface area contributed by atoms with Gasteiger partial charge in [0.15, 0.2) is 0 Å². The molecule has 6 heteroatoms. The van der Waals surface area contributed by atoms with E-state index in [0.29, 0.717) is 24.3 Å². The number of aryl methyl sites for hydroxylation is 1. The van der Waals surface area contributed by atoms with E-state index in [2.05, 4.69) is 5.32 Å². The number of rotatable bonds is 7. The summed E-state index contributed by atoms with van der Waals surface area (Å²) in [5.41, 5.74) is 3.90. The summed E-state index contributed by atoms with van der Waals surface area (Å²) in [6, 6.07) is 17.5. The lowest BCUT2D eigenvalue weighted by atomic mass is 10.0. The zero-order valence-corrected chi connectivity index (χ0v) is 17.1. The van der Waals surface area contributed by atoms with Crippen LogP contribution in [-0.2, 0) is 4.79 Å². The van der Waals surface area contributed by atoms with Crippen LogP contribution < -0.4 is 5.32 Å². The number of hydrogen-bond donors (Lipinski definition) is 1. The quantitative estimate of drug-likeness (QED) is 0.672. The van der Waals surface area contributed by atoms with E-state index < -0.39 is 0 Å². The molecule has 0 spiro atoms. The van der Waals surface area contributed by atoms with E-state index in [1.807, 2.05) is 75.4 Å². The Labute approximate surface area is 171 Å². The summed E-state index contributed by atoms with van der Waals surface area (Å²) in [5, 5.41) is 7.48. The van der Waals surface area contributed by atoms with Gasteiger partial charge in [-0.1, -0.05) is 42.5 Å². The van der Waals surface area contributed by atoms with Gasteiger partial charge in [0.05, 0.1) is 17.8 Å². The first kappa shape index (κ1) is 20.3. The van der Waals surface area contributed by atoms with Gasteiger partial charge in [-0.2, -0.15) is 5.10 Å². The Morgan fingerprint density at radius 1 is 1.03 bits per heavy atom. The molecule has 1 heterocycles. The van der Waals surface area contributed by atoms with E-state index in [-0.39, 0.29) is 18.4 Å². The average Bonchev–Trinajstić information content (AvgIpc) is 3.18. The standard InChI is InChI=1S/C23H26N4O2/c1-4-24-21(28)16-26(5-2)23(29)20-15-27(18-12-7-6-8-13-18)25-22(20)19-14-10-9-11-17(19)3/h6-15H,4-5,16H2,1-3H3,(H,24,28). The molecule has 6 nitrogen and oxygen atoms in total. The molecule has 150 valence electrons. The minimum Gasteiger partial charge on any atom is -0.355 e. The van der Waals surface area contributed by atoms with Crippen LogP contribution >= 0.6 is 0 Å². The lowest BCUT2D eigenvalue weighted by Crippen LogP contribution is -2.40. The van der Waals surface area contributed by atoms with Crippen LogP contribution in [0.25, 0.3) is 16.9 Å². The molecular formula is C23H26N4O2. The summed E-state index contributed by atoms with van der Waals surface area (Å²) >= 11 is 0. The summed E-state index contributed by atoms with van der Waals surface area (Å²) in [7, 11) is 0. The van der Waals surface area contributed by atoms with Crippen molar-refractivity contribution in [2.45, 2.75) is 20.8 Å². The van der Waals surface area contributed by atoms with Gasteiger partial charge in [-0.15, -0.1) is 0 Å². The van der Waals surface area contributed by atoms with Crippen molar-refractivity contribution in [1.82, 2.24) is 20.0 Å². The van der Waals surface area contributed by atoms with Crippen molar-refractivity contribution < 1.29 is 9.59 Å². The van der Waals surface area contributed by atoms with Gasteiger partial charge in [0.2, 0.25) is 5.91 Å². The molecule has 0 saturated carbocycles. The molecule has 1 aromatic heterocycles. The molecule has 0 radical (unpaired) electrons. The molecule has 0 aliphatic heterocycles. The molecular weight excluding hydrogens is 364 g/mol. The van der Waals surface area contributed by atoms with Crippen LogP contribution in [-0.4, -0.2) is 46.1 Å². The third-order valence-corrected chi connectivity index (χ3v) is 4.74. The minimum absolute atomic E-state index is 0.0207. The number of carbonyl (C=O) groups excluding carboxylic acids is 2. The smallest absolute Gasteiger partial charge is 0.258 e. The van der Waals surface area contributed by atoms with Gasteiger partial charge in [-0.25, -0.2) is 4.68 Å². The van der Waals surface area contributed by atoms with Crippen LogP contribution in [0.1, 0.15) is 29.8 Å². The van der Waals surface area contributed by atoms with Gasteiger partial charge in [0.25, 0.3) is 5.91 Å². The van der Waals surface area contributed by atoms with Crippen LogP contribution in [0.2, 0.25) is 0 Å². The summed E-state index contributed by atoms with van der Waals surface area (Å²) in [6.45, 7) is 6.71. The lowest BCUT2D eigenvalue weighted by Gasteiger charge is -2.20. The minimum atomic E-state index is -0.209. The van der Waals surface area contributed by atoms with Crippen molar-refractivity contribution >= 4 is 11.8 Å². The Morgan fingerprint density at radius 2 is 1.72 bits per heavy atom. The number of amides is 2. The lowest BCUT2D eigenvalue weighted by molar-refractivity contribution is -0.121. The van der Waals surface area contributed by atoms with Crippen molar-refractivity contribution in [1.29, 1.82) is 0 Å². The molecule has 2 amide bonds. The second-order valence-corrected chi connectivity index (χ2v) is 6.76. The first-order valence-corrected chi connectivity index (χ1v) is 9.82. The maximum Gasteiger partial charge on any atom is 0.258 e. The zero-order chi connectivity index (χ0) is 20.8. The molecule has 0 unspecified atom stereocenters. The fourth-order valence-corrected chi connectivity index (χ4v) is 3.20. The number of likely N-dealkylation sites (N-methyl/N-ethyl adjacent to an activating group) is 2. The summed E-state index contributed by atoms with van der Waals surface area (Å²) < 4.78 is 1.72. The number of benzene rings is 2. The molecule has 3 rings (SSSR count). The first-order valence-electron chi connectivity index (χ1n) is 9.82. The van der Waals surface area contributed by atoms with Gasteiger partial charge in [0, 0.05) is 24.8 Å². The highest BCUT2D eigenvalue weighted by atomic mass is 16.2. The van der Waals surface area contributed by atoms with Crippen LogP contribution in [0.3, 0.4) is 0 Å². The number of aromatic nitrogens is 2. The highest BCUT2D eigenvalue weighted by Crippen LogP contribution is 2.27. The predicted octanol–water partition coefficient (Wildman–Crippen LogP) is 3.45. The van der Waals surface area contributed by atoms with Gasteiger partial charge >= 0.3 is 0 Å². The maximum atomic E-state index is 13.4.